The summed E-state index contributed by atoms with van der Waals surface area (Å²) < 4.78 is 19.0. The number of aromatic nitrogens is 1. The number of methoxy groups -OCH3 is 1. The summed E-state index contributed by atoms with van der Waals surface area (Å²) in [5.41, 5.74) is -0.0171. The zero-order valence-electron chi connectivity index (χ0n) is 11.5. The van der Waals surface area contributed by atoms with Crippen molar-refractivity contribution in [2.45, 2.75) is 25.8 Å². The van der Waals surface area contributed by atoms with Gasteiger partial charge in [-0.3, -0.25) is 4.79 Å². The maximum atomic E-state index is 13.9. The van der Waals surface area contributed by atoms with Crippen LogP contribution in [0.3, 0.4) is 0 Å². The van der Waals surface area contributed by atoms with E-state index >= 15 is 0 Å². The number of hydrogen-bond acceptors (Lipinski definition) is 4. The summed E-state index contributed by atoms with van der Waals surface area (Å²) in [6, 6.07) is 1.24. The third-order valence-corrected chi connectivity index (χ3v) is 2.71. The Balaban J connectivity index is 2.82. The summed E-state index contributed by atoms with van der Waals surface area (Å²) in [6.45, 7) is 2.42. The van der Waals surface area contributed by atoms with Crippen molar-refractivity contribution in [1.29, 1.82) is 0 Å². The van der Waals surface area contributed by atoms with Crippen LogP contribution in [0, 0.1) is 5.82 Å². The van der Waals surface area contributed by atoms with Crippen LogP contribution in [-0.2, 0) is 4.74 Å². The van der Waals surface area contributed by atoms with E-state index in [0.717, 1.165) is 12.8 Å². The molecule has 2 N–H and O–H groups in total. The number of amides is 1. The second kappa shape index (κ2) is 7.68. The molecule has 1 aromatic rings. The molecule has 0 saturated carbocycles. The van der Waals surface area contributed by atoms with E-state index < -0.39 is 11.7 Å². The number of nitrogens with zero attached hydrogens (tertiary/aromatic N) is 1. The maximum Gasteiger partial charge on any atom is 0.254 e. The molecule has 5 nitrogen and oxygen atoms in total. The molecule has 19 heavy (non-hydrogen) atoms. The highest BCUT2D eigenvalue weighted by molar-refractivity contribution is 5.95. The number of anilines is 1. The first kappa shape index (κ1) is 15.4. The highest BCUT2D eigenvalue weighted by Gasteiger charge is 2.18. The van der Waals surface area contributed by atoms with Crippen LogP contribution in [0.2, 0.25) is 0 Å². The predicted octanol–water partition coefficient (Wildman–Crippen LogP) is 1.81. The van der Waals surface area contributed by atoms with Gasteiger partial charge < -0.3 is 15.4 Å². The van der Waals surface area contributed by atoms with Crippen molar-refractivity contribution in [3.63, 3.8) is 0 Å². The molecule has 1 heterocycles. The van der Waals surface area contributed by atoms with Crippen molar-refractivity contribution in [3.8, 4) is 0 Å². The molecule has 0 spiro atoms. The zero-order chi connectivity index (χ0) is 14.3. The lowest BCUT2D eigenvalue weighted by Gasteiger charge is -2.17. The van der Waals surface area contributed by atoms with Gasteiger partial charge in [0.2, 0.25) is 0 Å². The molecular weight excluding hydrogens is 249 g/mol. The highest BCUT2D eigenvalue weighted by atomic mass is 19.1. The van der Waals surface area contributed by atoms with E-state index in [-0.39, 0.29) is 17.4 Å². The predicted molar refractivity (Wildman–Crippen MR) is 71.8 cm³/mol. The fourth-order valence-electron chi connectivity index (χ4n) is 1.80. The summed E-state index contributed by atoms with van der Waals surface area (Å²) in [5.74, 6) is -1.03. The quantitative estimate of drug-likeness (QED) is 0.792. The summed E-state index contributed by atoms with van der Waals surface area (Å²) in [6.07, 6.45) is 3.09. The average Bonchev–Trinajstić information content (AvgIpc) is 2.39. The van der Waals surface area contributed by atoms with Gasteiger partial charge in [0.05, 0.1) is 18.2 Å². The van der Waals surface area contributed by atoms with E-state index in [1.165, 1.54) is 12.3 Å². The van der Waals surface area contributed by atoms with Crippen LogP contribution in [0.15, 0.2) is 12.3 Å². The number of hydrogen-bond donors (Lipinski definition) is 2. The van der Waals surface area contributed by atoms with Crippen LogP contribution >= 0.6 is 0 Å². The molecule has 0 aliphatic carbocycles. The maximum absolute atomic E-state index is 13.9. The molecule has 0 aliphatic rings. The summed E-state index contributed by atoms with van der Waals surface area (Å²) in [5, 5.41) is 5.37. The van der Waals surface area contributed by atoms with Gasteiger partial charge in [0, 0.05) is 20.4 Å². The molecule has 1 aromatic heterocycles. The van der Waals surface area contributed by atoms with Crippen molar-refractivity contribution < 1.29 is 13.9 Å². The Labute approximate surface area is 112 Å². The van der Waals surface area contributed by atoms with Gasteiger partial charge in [-0.15, -0.1) is 0 Å². The molecule has 1 rings (SSSR count). The van der Waals surface area contributed by atoms with Crippen LogP contribution in [0.25, 0.3) is 0 Å². The first-order valence-electron chi connectivity index (χ1n) is 6.26. The number of pyridine rings is 1. The summed E-state index contributed by atoms with van der Waals surface area (Å²) in [7, 11) is 3.12. The van der Waals surface area contributed by atoms with E-state index in [0.29, 0.717) is 6.61 Å². The minimum atomic E-state index is -0.643. The normalized spacial score (nSPS) is 12.0. The van der Waals surface area contributed by atoms with E-state index in [1.54, 1.807) is 14.2 Å². The largest absolute Gasteiger partial charge is 0.383 e. The third kappa shape index (κ3) is 4.17. The van der Waals surface area contributed by atoms with Gasteiger partial charge >= 0.3 is 0 Å². The van der Waals surface area contributed by atoms with Gasteiger partial charge in [0.25, 0.3) is 5.91 Å². The Hall–Kier alpha value is -1.69. The monoisotopic (exact) mass is 269 g/mol. The number of carbonyl (C=O) groups is 1. The second-order valence-electron chi connectivity index (χ2n) is 4.19. The number of nitrogens with one attached hydrogen (secondary N) is 2. The lowest BCUT2D eigenvalue weighted by molar-refractivity contribution is 0.0887. The number of carbonyl (C=O) groups excluding carboxylic acids is 1. The highest BCUT2D eigenvalue weighted by Crippen LogP contribution is 2.14. The lowest BCUT2D eigenvalue weighted by atomic mass is 10.1. The number of halogens is 1. The van der Waals surface area contributed by atoms with Gasteiger partial charge in [-0.05, 0) is 12.5 Å². The SMILES string of the molecule is CCCC(COC)NC(=O)c1ccnc(NC)c1F. The molecular formula is C13H20FN3O2. The molecule has 1 atom stereocenters. The van der Waals surface area contributed by atoms with Gasteiger partial charge in [0.1, 0.15) is 0 Å². The number of ether oxygens (including phenoxy) is 1. The fourth-order valence-corrected chi connectivity index (χ4v) is 1.80. The van der Waals surface area contributed by atoms with Crippen LogP contribution in [-0.4, -0.2) is 37.7 Å². The van der Waals surface area contributed by atoms with E-state index in [4.69, 9.17) is 4.74 Å². The van der Waals surface area contributed by atoms with E-state index in [2.05, 4.69) is 15.6 Å². The molecule has 0 aliphatic heterocycles. The minimum Gasteiger partial charge on any atom is -0.383 e. The fraction of sp³-hybridized carbons (Fsp3) is 0.538. The first-order chi connectivity index (χ1) is 9.13. The Morgan fingerprint density at radius 3 is 2.89 bits per heavy atom. The van der Waals surface area contributed by atoms with E-state index in [1.807, 2.05) is 6.92 Å². The minimum absolute atomic E-state index is 0.0171. The Morgan fingerprint density at radius 2 is 2.32 bits per heavy atom. The van der Waals surface area contributed by atoms with Gasteiger partial charge in [-0.25, -0.2) is 9.37 Å². The summed E-state index contributed by atoms with van der Waals surface area (Å²) >= 11 is 0. The van der Waals surface area contributed by atoms with Crippen LogP contribution in [0.4, 0.5) is 10.2 Å². The topological polar surface area (TPSA) is 63.2 Å². The van der Waals surface area contributed by atoms with Crippen molar-refractivity contribution >= 4 is 11.7 Å². The number of rotatable bonds is 7. The molecule has 1 unspecified atom stereocenters. The van der Waals surface area contributed by atoms with Crippen molar-refractivity contribution in [2.24, 2.45) is 0 Å². The zero-order valence-corrected chi connectivity index (χ0v) is 11.5. The van der Waals surface area contributed by atoms with Crippen molar-refractivity contribution in [3.05, 3.63) is 23.6 Å². The first-order valence-corrected chi connectivity index (χ1v) is 6.26. The van der Waals surface area contributed by atoms with Crippen molar-refractivity contribution in [1.82, 2.24) is 10.3 Å². The Morgan fingerprint density at radius 1 is 1.58 bits per heavy atom. The standard InChI is InChI=1S/C13H20FN3O2/c1-4-5-9(8-19-3)17-13(18)10-6-7-16-12(15-2)11(10)14/h6-7,9H,4-5,8H2,1-3H3,(H,15,16)(H,17,18). The smallest absolute Gasteiger partial charge is 0.254 e. The molecule has 6 heteroatoms. The Kier molecular flexibility index (Phi) is 6.21. The van der Waals surface area contributed by atoms with Crippen molar-refractivity contribution in [2.75, 3.05) is 26.1 Å². The van der Waals surface area contributed by atoms with Crippen LogP contribution in [0.5, 0.6) is 0 Å². The van der Waals surface area contributed by atoms with Gasteiger partial charge in [-0.2, -0.15) is 0 Å². The van der Waals surface area contributed by atoms with Crippen LogP contribution < -0.4 is 10.6 Å². The average molecular weight is 269 g/mol. The molecule has 106 valence electrons. The van der Waals surface area contributed by atoms with Crippen LogP contribution in [0.1, 0.15) is 30.1 Å². The molecule has 0 aromatic carbocycles. The van der Waals surface area contributed by atoms with E-state index in [9.17, 15) is 9.18 Å². The Bertz CT molecular complexity index is 420. The molecule has 0 bridgehead atoms. The molecule has 0 saturated heterocycles. The van der Waals surface area contributed by atoms with Gasteiger partial charge in [0.15, 0.2) is 11.6 Å². The lowest BCUT2D eigenvalue weighted by Crippen LogP contribution is -2.38. The molecule has 0 fully saturated rings. The molecule has 1 amide bonds. The van der Waals surface area contributed by atoms with Gasteiger partial charge in [-0.1, -0.05) is 13.3 Å². The summed E-state index contributed by atoms with van der Waals surface area (Å²) in [4.78, 5) is 15.8. The third-order valence-electron chi connectivity index (χ3n) is 2.71. The second-order valence-corrected chi connectivity index (χ2v) is 4.19. The molecule has 0 radical (unpaired) electrons.